The minimum atomic E-state index is -0.363. The molecule has 20 heavy (non-hydrogen) atoms. The van der Waals surface area contributed by atoms with Crippen molar-refractivity contribution in [3.8, 4) is 0 Å². The van der Waals surface area contributed by atoms with Crippen molar-refractivity contribution in [3.63, 3.8) is 0 Å². The lowest BCUT2D eigenvalue weighted by atomic mass is 9.88. The molecule has 1 aromatic carbocycles. The molecule has 1 aromatic rings. The molecule has 5 N–H and O–H groups in total. The van der Waals surface area contributed by atoms with Crippen LogP contribution in [-0.4, -0.2) is 23.5 Å². The average Bonchev–Trinajstić information content (AvgIpc) is 2.39. The minimum absolute atomic E-state index is 0.0915. The van der Waals surface area contributed by atoms with Crippen molar-refractivity contribution in [2.75, 3.05) is 17.2 Å². The summed E-state index contributed by atoms with van der Waals surface area (Å²) in [5, 5.41) is 17.7. The fraction of sp³-hybridized carbons (Fsp3) is 0.429. The van der Waals surface area contributed by atoms with Crippen molar-refractivity contribution in [1.29, 1.82) is 0 Å². The SMILES string of the molecule is CC(=O)Nc1ccc(NCCC(C)(C)C(N)=NO)cc1. The van der Waals surface area contributed by atoms with Crippen LogP contribution in [0.2, 0.25) is 0 Å². The lowest BCUT2D eigenvalue weighted by Crippen LogP contribution is -2.33. The van der Waals surface area contributed by atoms with Gasteiger partial charge >= 0.3 is 0 Å². The molecule has 0 unspecified atom stereocenters. The molecule has 0 spiro atoms. The first-order valence-corrected chi connectivity index (χ1v) is 6.44. The second-order valence-corrected chi connectivity index (χ2v) is 5.30. The third-order valence-electron chi connectivity index (χ3n) is 3.09. The number of benzene rings is 1. The second-order valence-electron chi connectivity index (χ2n) is 5.30. The molecule has 1 rings (SSSR count). The number of hydrogen-bond donors (Lipinski definition) is 4. The molecule has 6 nitrogen and oxygen atoms in total. The molecule has 0 aromatic heterocycles. The van der Waals surface area contributed by atoms with E-state index in [1.165, 1.54) is 6.92 Å². The van der Waals surface area contributed by atoms with E-state index >= 15 is 0 Å². The highest BCUT2D eigenvalue weighted by molar-refractivity contribution is 5.88. The van der Waals surface area contributed by atoms with E-state index in [0.29, 0.717) is 6.54 Å². The van der Waals surface area contributed by atoms with E-state index in [1.54, 1.807) is 0 Å². The van der Waals surface area contributed by atoms with Crippen molar-refractivity contribution in [2.45, 2.75) is 27.2 Å². The fourth-order valence-corrected chi connectivity index (χ4v) is 1.66. The van der Waals surface area contributed by atoms with Gasteiger partial charge in [-0.05, 0) is 30.7 Å². The third kappa shape index (κ3) is 4.79. The standard InChI is InChI=1S/C14H22N4O2/c1-10(19)17-12-6-4-11(5-7-12)16-9-8-14(2,3)13(15)18-20/h4-7,16,20H,8-9H2,1-3H3,(H2,15,18)(H,17,19). The number of rotatable bonds is 6. The van der Waals surface area contributed by atoms with Crippen molar-refractivity contribution >= 4 is 23.1 Å². The molecule has 0 aliphatic heterocycles. The predicted octanol–water partition coefficient (Wildman–Crippen LogP) is 2.22. The van der Waals surface area contributed by atoms with Gasteiger partial charge in [0.05, 0.1) is 0 Å². The number of anilines is 2. The Morgan fingerprint density at radius 2 is 1.85 bits per heavy atom. The van der Waals surface area contributed by atoms with Crippen molar-refractivity contribution in [3.05, 3.63) is 24.3 Å². The number of nitrogens with two attached hydrogens (primary N) is 1. The largest absolute Gasteiger partial charge is 0.409 e. The quantitative estimate of drug-likeness (QED) is 0.277. The van der Waals surface area contributed by atoms with Gasteiger partial charge in [0, 0.05) is 30.3 Å². The number of carbonyl (C=O) groups excluding carboxylic acids is 1. The van der Waals surface area contributed by atoms with Crippen molar-refractivity contribution in [1.82, 2.24) is 0 Å². The number of amides is 1. The molecule has 0 radical (unpaired) electrons. The van der Waals surface area contributed by atoms with E-state index in [0.717, 1.165) is 17.8 Å². The van der Waals surface area contributed by atoms with Crippen LogP contribution >= 0.6 is 0 Å². The highest BCUT2D eigenvalue weighted by Gasteiger charge is 2.22. The van der Waals surface area contributed by atoms with Crippen LogP contribution in [0.25, 0.3) is 0 Å². The first-order chi connectivity index (χ1) is 9.35. The van der Waals surface area contributed by atoms with E-state index < -0.39 is 0 Å². The summed E-state index contributed by atoms with van der Waals surface area (Å²) in [6, 6.07) is 7.44. The van der Waals surface area contributed by atoms with E-state index in [2.05, 4.69) is 15.8 Å². The Balaban J connectivity index is 2.48. The molecule has 0 saturated carbocycles. The Hall–Kier alpha value is -2.24. The number of carbonyl (C=O) groups is 1. The van der Waals surface area contributed by atoms with E-state index in [9.17, 15) is 4.79 Å². The number of amidine groups is 1. The lowest BCUT2D eigenvalue weighted by Gasteiger charge is -2.23. The summed E-state index contributed by atoms with van der Waals surface area (Å²) in [6.07, 6.45) is 0.732. The Bertz CT molecular complexity index is 480. The van der Waals surface area contributed by atoms with Crippen LogP contribution in [0.5, 0.6) is 0 Å². The topological polar surface area (TPSA) is 99.7 Å². The van der Waals surface area contributed by atoms with E-state index in [4.69, 9.17) is 10.9 Å². The first-order valence-electron chi connectivity index (χ1n) is 6.44. The number of nitrogens with one attached hydrogen (secondary N) is 2. The molecule has 0 aliphatic carbocycles. The molecule has 1 amide bonds. The first kappa shape index (κ1) is 15.8. The van der Waals surface area contributed by atoms with E-state index in [1.807, 2.05) is 38.1 Å². The smallest absolute Gasteiger partial charge is 0.221 e. The summed E-state index contributed by atoms with van der Waals surface area (Å²) in [6.45, 7) is 6.01. The van der Waals surface area contributed by atoms with Crippen molar-refractivity contribution < 1.29 is 10.0 Å². The minimum Gasteiger partial charge on any atom is -0.409 e. The fourth-order valence-electron chi connectivity index (χ4n) is 1.66. The normalized spacial score (nSPS) is 12.1. The van der Waals surface area contributed by atoms with Gasteiger partial charge in [0.25, 0.3) is 0 Å². The number of nitrogens with zero attached hydrogens (tertiary/aromatic N) is 1. The van der Waals surface area contributed by atoms with Gasteiger partial charge in [-0.2, -0.15) is 0 Å². The summed E-state index contributed by atoms with van der Waals surface area (Å²) in [4.78, 5) is 10.9. The number of oxime groups is 1. The molecule has 110 valence electrons. The Morgan fingerprint density at radius 3 is 2.35 bits per heavy atom. The summed E-state index contributed by atoms with van der Waals surface area (Å²) in [5.41, 5.74) is 6.98. The van der Waals surface area contributed by atoms with E-state index in [-0.39, 0.29) is 17.2 Å². The van der Waals surface area contributed by atoms with Gasteiger partial charge in [-0.1, -0.05) is 19.0 Å². The van der Waals surface area contributed by atoms with Crippen LogP contribution in [-0.2, 0) is 4.79 Å². The maximum atomic E-state index is 10.9. The average molecular weight is 278 g/mol. The Kier molecular flexibility index (Phi) is 5.37. The molecule has 0 heterocycles. The van der Waals surface area contributed by atoms with Crippen LogP contribution in [0.15, 0.2) is 29.4 Å². The van der Waals surface area contributed by atoms with Crippen LogP contribution < -0.4 is 16.4 Å². The highest BCUT2D eigenvalue weighted by atomic mass is 16.4. The van der Waals surface area contributed by atoms with Gasteiger partial charge in [-0.15, -0.1) is 0 Å². The van der Waals surface area contributed by atoms with Crippen LogP contribution in [0.1, 0.15) is 27.2 Å². The van der Waals surface area contributed by atoms with Crippen LogP contribution in [0.4, 0.5) is 11.4 Å². The van der Waals surface area contributed by atoms with Gasteiger partial charge in [0.15, 0.2) is 0 Å². The highest BCUT2D eigenvalue weighted by Crippen LogP contribution is 2.21. The molecule has 0 atom stereocenters. The third-order valence-corrected chi connectivity index (χ3v) is 3.09. The predicted molar refractivity (Wildman–Crippen MR) is 81.0 cm³/mol. The maximum absolute atomic E-state index is 10.9. The number of hydrogen-bond acceptors (Lipinski definition) is 4. The van der Waals surface area contributed by atoms with Gasteiger partial charge in [-0.3, -0.25) is 4.79 Å². The Labute approximate surface area is 119 Å². The molecule has 0 fully saturated rings. The summed E-state index contributed by atoms with van der Waals surface area (Å²) >= 11 is 0. The van der Waals surface area contributed by atoms with Crippen LogP contribution in [0.3, 0.4) is 0 Å². The van der Waals surface area contributed by atoms with Crippen molar-refractivity contribution in [2.24, 2.45) is 16.3 Å². The summed E-state index contributed by atoms with van der Waals surface area (Å²) in [7, 11) is 0. The molecular formula is C14H22N4O2. The molecule has 0 aliphatic rings. The maximum Gasteiger partial charge on any atom is 0.221 e. The van der Waals surface area contributed by atoms with Gasteiger partial charge < -0.3 is 21.6 Å². The Morgan fingerprint density at radius 1 is 1.30 bits per heavy atom. The second kappa shape index (κ2) is 6.79. The monoisotopic (exact) mass is 278 g/mol. The molecular weight excluding hydrogens is 256 g/mol. The summed E-state index contributed by atoms with van der Waals surface area (Å²) < 4.78 is 0. The molecule has 0 bridgehead atoms. The van der Waals surface area contributed by atoms with Gasteiger partial charge in [-0.25, -0.2) is 0 Å². The zero-order valence-corrected chi connectivity index (χ0v) is 12.1. The van der Waals surface area contributed by atoms with Crippen LogP contribution in [0, 0.1) is 5.41 Å². The zero-order chi connectivity index (χ0) is 15.2. The molecule has 6 heteroatoms. The lowest BCUT2D eigenvalue weighted by molar-refractivity contribution is -0.114. The molecule has 0 saturated heterocycles. The summed E-state index contributed by atoms with van der Waals surface area (Å²) in [5.74, 6) is 0.131. The van der Waals surface area contributed by atoms with Gasteiger partial charge in [0.1, 0.15) is 5.84 Å². The van der Waals surface area contributed by atoms with Gasteiger partial charge in [0.2, 0.25) is 5.91 Å². The zero-order valence-electron chi connectivity index (χ0n) is 12.1.